The lowest BCUT2D eigenvalue weighted by atomic mass is 10.2. The van der Waals surface area contributed by atoms with Gasteiger partial charge in [-0.3, -0.25) is 4.79 Å². The Morgan fingerprint density at radius 1 is 1.24 bits per heavy atom. The highest BCUT2D eigenvalue weighted by Gasteiger charge is 2.16. The molecule has 0 atom stereocenters. The minimum absolute atomic E-state index is 0.133. The maximum absolute atomic E-state index is 12.1. The van der Waals surface area contributed by atoms with Crippen LogP contribution in [0.1, 0.15) is 16.1 Å². The maximum Gasteiger partial charge on any atom is 0.276 e. The molecule has 0 saturated heterocycles. The Balaban J connectivity index is 1.87. The minimum atomic E-state index is -0.270. The Morgan fingerprint density at radius 3 is 2.57 bits per heavy atom. The molecule has 0 radical (unpaired) electrons. The van der Waals surface area contributed by atoms with Crippen molar-refractivity contribution in [1.29, 1.82) is 0 Å². The molecule has 0 fully saturated rings. The standard InChI is InChI=1S/C15H18N4O2/c1-11-3-5-12(6-4-11)21-10-9-19(2)15(20)13-14(16)18-8-7-17-13/h3-8H,9-10H2,1-2H3,(H2,16,18). The summed E-state index contributed by atoms with van der Waals surface area (Å²) >= 11 is 0. The van der Waals surface area contributed by atoms with Crippen molar-refractivity contribution in [3.8, 4) is 5.75 Å². The number of amides is 1. The van der Waals surface area contributed by atoms with E-state index in [1.54, 1.807) is 7.05 Å². The lowest BCUT2D eigenvalue weighted by Crippen LogP contribution is -2.32. The summed E-state index contributed by atoms with van der Waals surface area (Å²) in [5.74, 6) is 0.641. The van der Waals surface area contributed by atoms with E-state index in [0.717, 1.165) is 5.75 Å². The van der Waals surface area contributed by atoms with Crippen LogP contribution < -0.4 is 10.5 Å². The van der Waals surface area contributed by atoms with Crippen molar-refractivity contribution in [2.45, 2.75) is 6.92 Å². The first-order chi connectivity index (χ1) is 10.1. The molecule has 2 N–H and O–H groups in total. The number of anilines is 1. The van der Waals surface area contributed by atoms with Gasteiger partial charge in [-0.05, 0) is 19.1 Å². The third kappa shape index (κ3) is 3.92. The van der Waals surface area contributed by atoms with Crippen molar-refractivity contribution in [3.63, 3.8) is 0 Å². The summed E-state index contributed by atoms with van der Waals surface area (Å²) in [5, 5.41) is 0. The fraction of sp³-hybridized carbons (Fsp3) is 0.267. The number of nitrogen functional groups attached to an aromatic ring is 1. The third-order valence-corrected chi connectivity index (χ3v) is 2.99. The lowest BCUT2D eigenvalue weighted by molar-refractivity contribution is 0.0769. The van der Waals surface area contributed by atoms with Gasteiger partial charge in [0.1, 0.15) is 12.4 Å². The number of rotatable bonds is 5. The molecule has 1 heterocycles. The van der Waals surface area contributed by atoms with E-state index in [-0.39, 0.29) is 17.4 Å². The van der Waals surface area contributed by atoms with Gasteiger partial charge in [0.2, 0.25) is 0 Å². The summed E-state index contributed by atoms with van der Waals surface area (Å²) in [6, 6.07) is 7.75. The molecule has 0 spiro atoms. The van der Waals surface area contributed by atoms with Crippen LogP contribution in [-0.4, -0.2) is 41.0 Å². The van der Waals surface area contributed by atoms with Gasteiger partial charge < -0.3 is 15.4 Å². The third-order valence-electron chi connectivity index (χ3n) is 2.99. The number of ether oxygens (including phenoxy) is 1. The summed E-state index contributed by atoms with van der Waals surface area (Å²) in [6.07, 6.45) is 2.90. The van der Waals surface area contributed by atoms with Crippen LogP contribution in [0.5, 0.6) is 5.75 Å². The highest BCUT2D eigenvalue weighted by atomic mass is 16.5. The van der Waals surface area contributed by atoms with E-state index in [2.05, 4.69) is 9.97 Å². The van der Waals surface area contributed by atoms with E-state index < -0.39 is 0 Å². The minimum Gasteiger partial charge on any atom is -0.492 e. The Hall–Kier alpha value is -2.63. The van der Waals surface area contributed by atoms with Crippen molar-refractivity contribution in [2.75, 3.05) is 25.9 Å². The van der Waals surface area contributed by atoms with Gasteiger partial charge in [0.25, 0.3) is 5.91 Å². The molecule has 2 rings (SSSR count). The number of nitrogens with two attached hydrogens (primary N) is 1. The average molecular weight is 286 g/mol. The first kappa shape index (κ1) is 14.8. The zero-order chi connectivity index (χ0) is 15.2. The first-order valence-corrected chi connectivity index (χ1v) is 6.59. The van der Waals surface area contributed by atoms with Crippen molar-refractivity contribution in [3.05, 3.63) is 47.9 Å². The molecule has 0 aliphatic rings. The van der Waals surface area contributed by atoms with Gasteiger partial charge in [0.15, 0.2) is 11.5 Å². The molecule has 0 aliphatic heterocycles. The topological polar surface area (TPSA) is 81.3 Å². The lowest BCUT2D eigenvalue weighted by Gasteiger charge is -2.17. The molecule has 1 aromatic carbocycles. The molecule has 0 saturated carbocycles. The summed E-state index contributed by atoms with van der Waals surface area (Å²) in [6.45, 7) is 2.84. The molecule has 6 nitrogen and oxygen atoms in total. The Morgan fingerprint density at radius 2 is 1.90 bits per heavy atom. The fourth-order valence-corrected chi connectivity index (χ4v) is 1.73. The van der Waals surface area contributed by atoms with Gasteiger partial charge in [0.05, 0.1) is 6.54 Å². The Bertz CT molecular complexity index is 613. The van der Waals surface area contributed by atoms with E-state index in [4.69, 9.17) is 10.5 Å². The second-order valence-electron chi connectivity index (χ2n) is 4.68. The van der Waals surface area contributed by atoms with Crippen LogP contribution in [0.2, 0.25) is 0 Å². The van der Waals surface area contributed by atoms with Gasteiger partial charge >= 0.3 is 0 Å². The average Bonchev–Trinajstić information content (AvgIpc) is 2.49. The predicted octanol–water partition coefficient (Wildman–Crippen LogP) is 1.52. The second kappa shape index (κ2) is 6.69. The largest absolute Gasteiger partial charge is 0.492 e. The molecule has 2 aromatic rings. The number of likely N-dealkylation sites (N-methyl/N-ethyl adjacent to an activating group) is 1. The predicted molar refractivity (Wildman–Crippen MR) is 80.1 cm³/mol. The summed E-state index contributed by atoms with van der Waals surface area (Å²) < 4.78 is 5.59. The molecule has 0 unspecified atom stereocenters. The molecular formula is C15H18N4O2. The number of aryl methyl sites for hydroxylation is 1. The molecule has 21 heavy (non-hydrogen) atoms. The van der Waals surface area contributed by atoms with E-state index in [9.17, 15) is 4.79 Å². The van der Waals surface area contributed by atoms with Gasteiger partial charge in [0, 0.05) is 19.4 Å². The van der Waals surface area contributed by atoms with Crippen molar-refractivity contribution in [2.24, 2.45) is 0 Å². The van der Waals surface area contributed by atoms with E-state index in [1.807, 2.05) is 31.2 Å². The van der Waals surface area contributed by atoms with Gasteiger partial charge in [-0.2, -0.15) is 0 Å². The van der Waals surface area contributed by atoms with Crippen LogP contribution in [0.25, 0.3) is 0 Å². The Labute approximate surface area is 123 Å². The molecule has 110 valence electrons. The summed E-state index contributed by atoms with van der Waals surface area (Å²) in [5.41, 5.74) is 6.98. The van der Waals surface area contributed by atoms with Crippen molar-refractivity contribution < 1.29 is 9.53 Å². The van der Waals surface area contributed by atoms with Crippen LogP contribution in [-0.2, 0) is 0 Å². The van der Waals surface area contributed by atoms with Gasteiger partial charge in [-0.1, -0.05) is 17.7 Å². The van der Waals surface area contributed by atoms with Crippen LogP contribution in [0.3, 0.4) is 0 Å². The number of aromatic nitrogens is 2. The highest BCUT2D eigenvalue weighted by molar-refractivity contribution is 5.96. The number of hydrogen-bond donors (Lipinski definition) is 1. The number of benzene rings is 1. The SMILES string of the molecule is Cc1ccc(OCCN(C)C(=O)c2nccnc2N)cc1. The second-order valence-corrected chi connectivity index (χ2v) is 4.68. The monoisotopic (exact) mass is 286 g/mol. The van der Waals surface area contributed by atoms with Crippen molar-refractivity contribution in [1.82, 2.24) is 14.9 Å². The zero-order valence-electron chi connectivity index (χ0n) is 12.1. The van der Waals surface area contributed by atoms with E-state index in [0.29, 0.717) is 13.2 Å². The summed E-state index contributed by atoms with van der Waals surface area (Å²) in [4.78, 5) is 21.5. The van der Waals surface area contributed by atoms with Crippen LogP contribution in [0.15, 0.2) is 36.7 Å². The van der Waals surface area contributed by atoms with Crippen molar-refractivity contribution >= 4 is 11.7 Å². The Kier molecular flexibility index (Phi) is 4.71. The van der Waals surface area contributed by atoms with Gasteiger partial charge in [-0.25, -0.2) is 9.97 Å². The number of hydrogen-bond acceptors (Lipinski definition) is 5. The fourth-order valence-electron chi connectivity index (χ4n) is 1.73. The van der Waals surface area contributed by atoms with E-state index in [1.165, 1.54) is 22.9 Å². The molecular weight excluding hydrogens is 268 g/mol. The van der Waals surface area contributed by atoms with Gasteiger partial charge in [-0.15, -0.1) is 0 Å². The molecule has 0 bridgehead atoms. The normalized spacial score (nSPS) is 10.2. The quantitative estimate of drug-likeness (QED) is 0.901. The van der Waals surface area contributed by atoms with Crippen LogP contribution in [0, 0.1) is 6.92 Å². The number of nitrogens with zero attached hydrogens (tertiary/aromatic N) is 3. The molecule has 0 aliphatic carbocycles. The highest BCUT2D eigenvalue weighted by Crippen LogP contribution is 2.11. The molecule has 1 aromatic heterocycles. The van der Waals surface area contributed by atoms with Crippen LogP contribution >= 0.6 is 0 Å². The smallest absolute Gasteiger partial charge is 0.276 e. The summed E-state index contributed by atoms with van der Waals surface area (Å²) in [7, 11) is 1.68. The molecule has 6 heteroatoms. The van der Waals surface area contributed by atoms with E-state index >= 15 is 0 Å². The van der Waals surface area contributed by atoms with Crippen LogP contribution in [0.4, 0.5) is 5.82 Å². The number of carbonyl (C=O) groups is 1. The maximum atomic E-state index is 12.1. The molecule has 1 amide bonds. The first-order valence-electron chi connectivity index (χ1n) is 6.59. The zero-order valence-corrected chi connectivity index (χ0v) is 12.1. The number of carbonyl (C=O) groups excluding carboxylic acids is 1.